The summed E-state index contributed by atoms with van der Waals surface area (Å²) in [6, 6.07) is 8.76. The summed E-state index contributed by atoms with van der Waals surface area (Å²) >= 11 is 2.00. The lowest BCUT2D eigenvalue weighted by molar-refractivity contribution is 0.242. The van der Waals surface area contributed by atoms with Crippen LogP contribution in [0.2, 0.25) is 0 Å². The summed E-state index contributed by atoms with van der Waals surface area (Å²) in [6.07, 6.45) is 1.45. The molecule has 0 amide bonds. The van der Waals surface area contributed by atoms with E-state index in [1.165, 1.54) is 23.5 Å². The molecule has 0 saturated carbocycles. The van der Waals surface area contributed by atoms with Crippen molar-refractivity contribution in [1.29, 1.82) is 0 Å². The molecule has 0 aromatic heterocycles. The number of rotatable bonds is 9. The lowest BCUT2D eigenvalue weighted by Gasteiger charge is -2.16. The van der Waals surface area contributed by atoms with E-state index in [0.717, 1.165) is 12.3 Å². The molecule has 0 aliphatic rings. The molecule has 0 radical (unpaired) electrons. The molecule has 1 N–H and O–H groups in total. The molecule has 108 valence electrons. The Morgan fingerprint density at radius 3 is 2.74 bits per heavy atom. The Bertz CT molecular complexity index is 354. The highest BCUT2D eigenvalue weighted by Gasteiger charge is 2.06. The fraction of sp³-hybridized carbons (Fsp3) is 0.625. The van der Waals surface area contributed by atoms with Crippen molar-refractivity contribution in [1.82, 2.24) is 5.32 Å². The maximum absolute atomic E-state index is 5.73. The molecule has 0 bridgehead atoms. The van der Waals surface area contributed by atoms with Gasteiger partial charge in [0.15, 0.2) is 0 Å². The molecule has 0 aliphatic heterocycles. The third-order valence-electron chi connectivity index (χ3n) is 2.85. The van der Waals surface area contributed by atoms with Gasteiger partial charge in [-0.3, -0.25) is 0 Å². The van der Waals surface area contributed by atoms with Crippen LogP contribution in [0.15, 0.2) is 24.3 Å². The molecular formula is C16H27NOS. The predicted octanol–water partition coefficient (Wildman–Crippen LogP) is 4.27. The van der Waals surface area contributed by atoms with Crippen LogP contribution >= 0.6 is 11.8 Å². The first-order valence-electron chi connectivity index (χ1n) is 7.21. The molecule has 0 fully saturated rings. The fourth-order valence-corrected chi connectivity index (χ4v) is 2.52. The maximum Gasteiger partial charge on any atom is 0.120 e. The molecular weight excluding hydrogens is 254 g/mol. The molecule has 0 heterocycles. The Morgan fingerprint density at radius 1 is 1.26 bits per heavy atom. The number of hydrogen-bond donors (Lipinski definition) is 1. The molecule has 1 atom stereocenters. The van der Waals surface area contributed by atoms with Gasteiger partial charge in [-0.05, 0) is 62.9 Å². The summed E-state index contributed by atoms with van der Waals surface area (Å²) in [5.41, 5.74) is 1.29. The largest absolute Gasteiger partial charge is 0.491 e. The van der Waals surface area contributed by atoms with Gasteiger partial charge < -0.3 is 10.1 Å². The van der Waals surface area contributed by atoms with Crippen molar-refractivity contribution in [3.8, 4) is 5.75 Å². The summed E-state index contributed by atoms with van der Waals surface area (Å²) in [5.74, 6) is 3.42. The van der Waals surface area contributed by atoms with Gasteiger partial charge in [-0.25, -0.2) is 0 Å². The monoisotopic (exact) mass is 281 g/mol. The summed E-state index contributed by atoms with van der Waals surface area (Å²) in [6.45, 7) is 9.60. The zero-order valence-electron chi connectivity index (χ0n) is 12.6. The smallest absolute Gasteiger partial charge is 0.120 e. The normalized spacial score (nSPS) is 12.7. The first-order chi connectivity index (χ1) is 9.13. The van der Waals surface area contributed by atoms with Gasteiger partial charge in [0.05, 0.1) is 6.10 Å². The van der Waals surface area contributed by atoms with Gasteiger partial charge in [-0.2, -0.15) is 11.8 Å². The minimum atomic E-state index is 0.226. The van der Waals surface area contributed by atoms with E-state index >= 15 is 0 Å². The number of hydrogen-bond acceptors (Lipinski definition) is 3. The molecule has 1 rings (SSSR count). The van der Waals surface area contributed by atoms with Crippen molar-refractivity contribution in [2.75, 3.05) is 18.1 Å². The second kappa shape index (κ2) is 9.27. The van der Waals surface area contributed by atoms with E-state index in [4.69, 9.17) is 4.74 Å². The molecule has 3 heteroatoms. The lowest BCUT2D eigenvalue weighted by atomic mass is 10.1. The summed E-state index contributed by atoms with van der Waals surface area (Å²) in [4.78, 5) is 0. The van der Waals surface area contributed by atoms with Crippen molar-refractivity contribution in [3.63, 3.8) is 0 Å². The van der Waals surface area contributed by atoms with Gasteiger partial charge in [-0.1, -0.05) is 19.1 Å². The van der Waals surface area contributed by atoms with Crippen LogP contribution in [0.5, 0.6) is 5.75 Å². The molecule has 0 aliphatic carbocycles. The van der Waals surface area contributed by atoms with Crippen molar-refractivity contribution in [3.05, 3.63) is 29.8 Å². The van der Waals surface area contributed by atoms with Gasteiger partial charge in [0, 0.05) is 6.04 Å². The number of ether oxygens (including phenoxy) is 1. The van der Waals surface area contributed by atoms with Crippen molar-refractivity contribution >= 4 is 11.8 Å². The third-order valence-corrected chi connectivity index (χ3v) is 3.84. The summed E-state index contributed by atoms with van der Waals surface area (Å²) in [7, 11) is 0. The summed E-state index contributed by atoms with van der Waals surface area (Å²) in [5, 5.41) is 3.57. The van der Waals surface area contributed by atoms with Crippen molar-refractivity contribution in [2.24, 2.45) is 0 Å². The topological polar surface area (TPSA) is 21.3 Å². The summed E-state index contributed by atoms with van der Waals surface area (Å²) < 4.78 is 5.73. The van der Waals surface area contributed by atoms with Crippen molar-refractivity contribution < 1.29 is 4.74 Å². The average molecular weight is 281 g/mol. The highest BCUT2D eigenvalue weighted by atomic mass is 32.2. The Morgan fingerprint density at radius 2 is 2.05 bits per heavy atom. The van der Waals surface area contributed by atoms with Gasteiger partial charge >= 0.3 is 0 Å². The Hall–Kier alpha value is -0.670. The number of nitrogens with one attached hydrogen (secondary N) is 1. The van der Waals surface area contributed by atoms with Crippen LogP contribution in [0.1, 0.15) is 45.7 Å². The zero-order valence-corrected chi connectivity index (χ0v) is 13.4. The molecule has 19 heavy (non-hydrogen) atoms. The Labute approximate surface area is 122 Å². The second-order valence-electron chi connectivity index (χ2n) is 4.97. The van der Waals surface area contributed by atoms with Crippen LogP contribution < -0.4 is 10.1 Å². The van der Waals surface area contributed by atoms with E-state index in [9.17, 15) is 0 Å². The molecule has 2 nitrogen and oxygen atoms in total. The van der Waals surface area contributed by atoms with Crippen LogP contribution in [0.25, 0.3) is 0 Å². The quantitative estimate of drug-likeness (QED) is 0.683. The predicted molar refractivity (Wildman–Crippen MR) is 86.2 cm³/mol. The zero-order chi connectivity index (χ0) is 14.1. The molecule has 1 aromatic rings. The van der Waals surface area contributed by atoms with E-state index in [2.05, 4.69) is 51.2 Å². The first kappa shape index (κ1) is 16.4. The molecule has 0 spiro atoms. The van der Waals surface area contributed by atoms with Gasteiger partial charge in [-0.15, -0.1) is 0 Å². The van der Waals surface area contributed by atoms with E-state index in [-0.39, 0.29) is 6.10 Å². The Kier molecular flexibility index (Phi) is 7.99. The van der Waals surface area contributed by atoms with Crippen LogP contribution in [0.3, 0.4) is 0 Å². The molecule has 1 aromatic carbocycles. The number of thioether (sulfide) groups is 1. The minimum absolute atomic E-state index is 0.226. The molecule has 0 saturated heterocycles. The highest BCUT2D eigenvalue weighted by Crippen LogP contribution is 2.20. The van der Waals surface area contributed by atoms with Crippen LogP contribution in [-0.4, -0.2) is 24.2 Å². The average Bonchev–Trinajstić information content (AvgIpc) is 2.38. The SMILES string of the molecule is CCSCCCNC(C)c1cccc(OC(C)C)c1. The van der Waals surface area contributed by atoms with E-state index in [1.54, 1.807) is 0 Å². The van der Waals surface area contributed by atoms with Crippen molar-refractivity contribution in [2.45, 2.75) is 46.3 Å². The lowest BCUT2D eigenvalue weighted by Crippen LogP contribution is -2.20. The van der Waals surface area contributed by atoms with E-state index < -0.39 is 0 Å². The van der Waals surface area contributed by atoms with E-state index in [0.29, 0.717) is 6.04 Å². The van der Waals surface area contributed by atoms with Crippen LogP contribution in [0, 0.1) is 0 Å². The second-order valence-corrected chi connectivity index (χ2v) is 6.36. The van der Waals surface area contributed by atoms with Gasteiger partial charge in [0.25, 0.3) is 0 Å². The van der Waals surface area contributed by atoms with Gasteiger partial charge in [0.2, 0.25) is 0 Å². The first-order valence-corrected chi connectivity index (χ1v) is 8.36. The maximum atomic E-state index is 5.73. The minimum Gasteiger partial charge on any atom is -0.491 e. The molecule has 1 unspecified atom stereocenters. The highest BCUT2D eigenvalue weighted by molar-refractivity contribution is 7.99. The van der Waals surface area contributed by atoms with E-state index in [1.807, 2.05) is 17.8 Å². The third kappa shape index (κ3) is 6.88. The van der Waals surface area contributed by atoms with Gasteiger partial charge in [0.1, 0.15) is 5.75 Å². The standard InChI is InChI=1S/C16H27NOS/c1-5-19-11-7-10-17-14(4)15-8-6-9-16(12-15)18-13(2)3/h6,8-9,12-14,17H,5,7,10-11H2,1-4H3. The van der Waals surface area contributed by atoms with Crippen LogP contribution in [-0.2, 0) is 0 Å². The number of benzene rings is 1. The van der Waals surface area contributed by atoms with Crippen LogP contribution in [0.4, 0.5) is 0 Å². The Balaban J connectivity index is 2.40. The fourth-order valence-electron chi connectivity index (χ4n) is 1.88.